The van der Waals surface area contributed by atoms with Crippen molar-refractivity contribution in [2.75, 3.05) is 0 Å². The summed E-state index contributed by atoms with van der Waals surface area (Å²) in [4.78, 5) is 0. The van der Waals surface area contributed by atoms with Crippen molar-refractivity contribution in [1.29, 1.82) is 0 Å². The summed E-state index contributed by atoms with van der Waals surface area (Å²) in [7, 11) is -1.85. The van der Waals surface area contributed by atoms with Crippen molar-refractivity contribution in [2.45, 2.75) is 13.0 Å². The van der Waals surface area contributed by atoms with Crippen molar-refractivity contribution in [1.82, 2.24) is 0 Å². The molecule has 0 saturated carbocycles. The van der Waals surface area contributed by atoms with Crippen LogP contribution >= 0.6 is 0 Å². The molecule has 3 aromatic rings. The van der Waals surface area contributed by atoms with Gasteiger partial charge in [0.2, 0.25) is 0 Å². The van der Waals surface area contributed by atoms with Crippen molar-refractivity contribution < 1.29 is 0 Å². The van der Waals surface area contributed by atoms with Crippen LogP contribution in [0.15, 0.2) is 78.9 Å². The molecule has 0 spiro atoms. The molecule has 102 valence electrons. The number of hydrogen-bond donors (Lipinski definition) is 0. The van der Waals surface area contributed by atoms with Crippen LogP contribution in [0.2, 0.25) is 6.55 Å². The Morgan fingerprint density at radius 2 is 1.10 bits per heavy atom. The smallest absolute Gasteiger partial charge is 0.0624 e. The summed E-state index contributed by atoms with van der Waals surface area (Å²) in [6.45, 7) is 2.50. The Kier molecular flexibility index (Phi) is 2.83. The van der Waals surface area contributed by atoms with Gasteiger partial charge >= 0.3 is 0 Å². The molecule has 1 heteroatoms. The number of hydrogen-bond acceptors (Lipinski definition) is 0. The zero-order valence-corrected chi connectivity index (χ0v) is 13.2. The monoisotopic (exact) mass is 286 g/mol. The molecular weight excluding hydrogens is 268 g/mol. The maximum Gasteiger partial charge on any atom is 0.146 e. The predicted octanol–water partition coefficient (Wildman–Crippen LogP) is 2.69. The lowest BCUT2D eigenvalue weighted by Crippen LogP contribution is -2.68. The molecule has 0 aromatic heterocycles. The highest BCUT2D eigenvalue weighted by atomic mass is 28.3. The Balaban J connectivity index is 2.06. The van der Waals surface area contributed by atoms with Gasteiger partial charge in [0.1, 0.15) is 8.07 Å². The van der Waals surface area contributed by atoms with Gasteiger partial charge in [-0.15, -0.1) is 0 Å². The predicted molar refractivity (Wildman–Crippen MR) is 92.7 cm³/mol. The lowest BCUT2D eigenvalue weighted by Gasteiger charge is -2.37. The highest BCUT2D eigenvalue weighted by Gasteiger charge is 2.39. The third kappa shape index (κ3) is 1.81. The maximum atomic E-state index is 2.50. The third-order valence-electron chi connectivity index (χ3n) is 4.84. The molecule has 0 radical (unpaired) electrons. The number of rotatable bonds is 1. The molecular formula is C20H18Si. The zero-order chi connectivity index (χ0) is 14.3. The van der Waals surface area contributed by atoms with Crippen molar-refractivity contribution >= 4 is 23.6 Å². The van der Waals surface area contributed by atoms with Crippen LogP contribution in [0.25, 0.3) is 0 Å². The summed E-state index contributed by atoms with van der Waals surface area (Å²) in [6, 6.07) is 29.1. The fourth-order valence-corrected chi connectivity index (χ4v) is 8.02. The van der Waals surface area contributed by atoms with Crippen molar-refractivity contribution in [3.05, 3.63) is 90.0 Å². The normalized spacial score (nSPS) is 15.1. The molecule has 4 rings (SSSR count). The van der Waals surface area contributed by atoms with E-state index in [9.17, 15) is 0 Å². The molecule has 0 saturated heterocycles. The first-order valence-corrected chi connectivity index (χ1v) is 10.0. The van der Waals surface area contributed by atoms with E-state index in [1.54, 1.807) is 10.4 Å². The van der Waals surface area contributed by atoms with Crippen LogP contribution in [0.5, 0.6) is 0 Å². The van der Waals surface area contributed by atoms with Gasteiger partial charge in [0.05, 0.1) is 0 Å². The minimum Gasteiger partial charge on any atom is -0.0624 e. The van der Waals surface area contributed by atoms with Gasteiger partial charge in [-0.05, 0) is 33.1 Å². The number of fused-ring (bicyclic) bond motifs is 2. The first-order chi connectivity index (χ1) is 10.3. The quantitative estimate of drug-likeness (QED) is 0.603. The van der Waals surface area contributed by atoms with Crippen LogP contribution in [0.4, 0.5) is 0 Å². The second-order valence-corrected chi connectivity index (χ2v) is 9.89. The molecule has 1 heterocycles. The van der Waals surface area contributed by atoms with E-state index >= 15 is 0 Å². The van der Waals surface area contributed by atoms with Gasteiger partial charge in [-0.3, -0.25) is 0 Å². The van der Waals surface area contributed by atoms with Gasteiger partial charge in [0, 0.05) is 0 Å². The largest absolute Gasteiger partial charge is 0.146 e. The van der Waals surface area contributed by atoms with Crippen molar-refractivity contribution in [3.8, 4) is 0 Å². The first kappa shape index (κ1) is 12.6. The second-order valence-electron chi connectivity index (χ2n) is 5.98. The van der Waals surface area contributed by atoms with E-state index in [1.807, 2.05) is 0 Å². The molecule has 0 nitrogen and oxygen atoms in total. The second kappa shape index (κ2) is 4.71. The SMILES string of the molecule is C[Si]1(c2ccccc2)c2ccccc2Cc2ccccc21. The molecule has 0 bridgehead atoms. The summed E-state index contributed by atoms with van der Waals surface area (Å²) in [5, 5.41) is 4.66. The Bertz CT molecular complexity index is 744. The van der Waals surface area contributed by atoms with Crippen LogP contribution in [0.1, 0.15) is 11.1 Å². The lowest BCUT2D eigenvalue weighted by molar-refractivity contribution is 1.20. The summed E-state index contributed by atoms with van der Waals surface area (Å²) in [6.07, 6.45) is 1.07. The lowest BCUT2D eigenvalue weighted by atomic mass is 10.0. The van der Waals surface area contributed by atoms with Gasteiger partial charge < -0.3 is 0 Å². The maximum absolute atomic E-state index is 2.50. The fraction of sp³-hybridized carbons (Fsp3) is 0.100. The van der Waals surface area contributed by atoms with E-state index in [-0.39, 0.29) is 0 Å². The topological polar surface area (TPSA) is 0 Å². The van der Waals surface area contributed by atoms with Crippen LogP contribution in [0, 0.1) is 0 Å². The average Bonchev–Trinajstić information content (AvgIpc) is 2.56. The van der Waals surface area contributed by atoms with Gasteiger partial charge in [-0.2, -0.15) is 0 Å². The average molecular weight is 286 g/mol. The summed E-state index contributed by atoms with van der Waals surface area (Å²) in [5.74, 6) is 0. The molecule has 21 heavy (non-hydrogen) atoms. The third-order valence-corrected chi connectivity index (χ3v) is 9.46. The molecule has 0 amide bonds. The van der Waals surface area contributed by atoms with Crippen LogP contribution < -0.4 is 15.6 Å². The molecule has 1 aliphatic rings. The molecule has 3 aromatic carbocycles. The standard InChI is InChI=1S/C20H18Si/c1-21(18-11-3-2-4-12-18)19-13-7-5-9-16(19)15-17-10-6-8-14-20(17)21/h2-14H,15H2,1H3. The van der Waals surface area contributed by atoms with E-state index in [0.717, 1.165) is 6.42 Å². The molecule has 0 fully saturated rings. The van der Waals surface area contributed by atoms with Crippen LogP contribution in [0.3, 0.4) is 0 Å². The summed E-state index contributed by atoms with van der Waals surface area (Å²) in [5.41, 5.74) is 3.02. The van der Waals surface area contributed by atoms with E-state index in [4.69, 9.17) is 0 Å². The summed E-state index contributed by atoms with van der Waals surface area (Å²) >= 11 is 0. The highest BCUT2D eigenvalue weighted by Crippen LogP contribution is 2.20. The zero-order valence-electron chi connectivity index (χ0n) is 12.2. The molecule has 0 aliphatic carbocycles. The minimum absolute atomic E-state index is 1.07. The molecule has 1 aliphatic heterocycles. The molecule has 0 atom stereocenters. The minimum atomic E-state index is -1.85. The first-order valence-electron chi connectivity index (χ1n) is 7.52. The Labute approximate surface area is 127 Å². The van der Waals surface area contributed by atoms with Gasteiger partial charge in [0.15, 0.2) is 0 Å². The molecule has 0 unspecified atom stereocenters. The number of benzene rings is 3. The van der Waals surface area contributed by atoms with E-state index in [1.165, 1.54) is 16.3 Å². The van der Waals surface area contributed by atoms with Gasteiger partial charge in [-0.1, -0.05) is 85.4 Å². The van der Waals surface area contributed by atoms with Gasteiger partial charge in [-0.25, -0.2) is 0 Å². The van der Waals surface area contributed by atoms with Crippen LogP contribution in [-0.2, 0) is 6.42 Å². The Morgan fingerprint density at radius 3 is 1.67 bits per heavy atom. The van der Waals surface area contributed by atoms with E-state index in [2.05, 4.69) is 85.4 Å². The summed E-state index contributed by atoms with van der Waals surface area (Å²) < 4.78 is 0. The van der Waals surface area contributed by atoms with Gasteiger partial charge in [0.25, 0.3) is 0 Å². The highest BCUT2D eigenvalue weighted by molar-refractivity contribution is 7.11. The fourth-order valence-electron chi connectivity index (χ4n) is 3.76. The Hall–Kier alpha value is -2.12. The Morgan fingerprint density at radius 1 is 0.619 bits per heavy atom. The van der Waals surface area contributed by atoms with Crippen LogP contribution in [-0.4, -0.2) is 8.07 Å². The molecule has 0 N–H and O–H groups in total. The van der Waals surface area contributed by atoms with E-state index in [0.29, 0.717) is 0 Å². The van der Waals surface area contributed by atoms with E-state index < -0.39 is 8.07 Å². The van der Waals surface area contributed by atoms with Crippen molar-refractivity contribution in [3.63, 3.8) is 0 Å². The van der Waals surface area contributed by atoms with Crippen molar-refractivity contribution in [2.24, 2.45) is 0 Å².